The van der Waals surface area contributed by atoms with E-state index in [0.717, 1.165) is 11.4 Å². The highest BCUT2D eigenvalue weighted by molar-refractivity contribution is 7.09. The molecule has 0 amide bonds. The summed E-state index contributed by atoms with van der Waals surface area (Å²) in [5, 5.41) is 3.13. The standard InChI is InChI=1S/C9H14N2S/c1-7-3-2-4-9(7,10)8-11-5-6-12-8/h5-7H,2-4,10H2,1H3. The van der Waals surface area contributed by atoms with Crippen LogP contribution in [0.4, 0.5) is 0 Å². The highest BCUT2D eigenvalue weighted by Gasteiger charge is 2.39. The van der Waals surface area contributed by atoms with Gasteiger partial charge in [-0.15, -0.1) is 11.3 Å². The molecule has 2 unspecified atom stereocenters. The van der Waals surface area contributed by atoms with Gasteiger partial charge in [0.05, 0.1) is 5.54 Å². The van der Waals surface area contributed by atoms with Crippen LogP contribution in [0.15, 0.2) is 11.6 Å². The summed E-state index contributed by atoms with van der Waals surface area (Å²) in [6.45, 7) is 2.23. The predicted octanol–water partition coefficient (Wildman–Crippen LogP) is 2.12. The molecule has 0 spiro atoms. The van der Waals surface area contributed by atoms with Crippen LogP contribution >= 0.6 is 11.3 Å². The van der Waals surface area contributed by atoms with Gasteiger partial charge in [0, 0.05) is 11.6 Å². The van der Waals surface area contributed by atoms with Gasteiger partial charge in [0.2, 0.25) is 0 Å². The summed E-state index contributed by atoms with van der Waals surface area (Å²) in [5.41, 5.74) is 6.20. The second kappa shape index (κ2) is 2.82. The molecule has 1 fully saturated rings. The van der Waals surface area contributed by atoms with Crippen LogP contribution in [0.3, 0.4) is 0 Å². The third-order valence-corrected chi connectivity index (χ3v) is 3.90. The van der Waals surface area contributed by atoms with E-state index in [-0.39, 0.29) is 5.54 Å². The van der Waals surface area contributed by atoms with Crippen molar-refractivity contribution in [1.29, 1.82) is 0 Å². The van der Waals surface area contributed by atoms with Crippen molar-refractivity contribution in [3.63, 3.8) is 0 Å². The lowest BCUT2D eigenvalue weighted by molar-refractivity contribution is 0.348. The summed E-state index contributed by atoms with van der Waals surface area (Å²) in [6, 6.07) is 0. The van der Waals surface area contributed by atoms with E-state index < -0.39 is 0 Å². The van der Waals surface area contributed by atoms with Gasteiger partial charge < -0.3 is 5.73 Å². The van der Waals surface area contributed by atoms with Crippen molar-refractivity contribution < 1.29 is 0 Å². The normalized spacial score (nSPS) is 35.7. The summed E-state index contributed by atoms with van der Waals surface area (Å²) >= 11 is 1.69. The van der Waals surface area contributed by atoms with Crippen molar-refractivity contribution >= 4 is 11.3 Å². The fourth-order valence-corrected chi connectivity index (χ4v) is 2.87. The third-order valence-electron chi connectivity index (χ3n) is 2.94. The highest BCUT2D eigenvalue weighted by Crippen LogP contribution is 2.41. The Morgan fingerprint density at radius 2 is 2.58 bits per heavy atom. The van der Waals surface area contributed by atoms with Gasteiger partial charge in [-0.2, -0.15) is 0 Å². The third kappa shape index (κ3) is 1.08. The predicted molar refractivity (Wildman–Crippen MR) is 51.0 cm³/mol. The molecular formula is C9H14N2S. The quantitative estimate of drug-likeness (QED) is 0.722. The molecule has 1 aliphatic rings. The minimum absolute atomic E-state index is 0.117. The lowest BCUT2D eigenvalue weighted by atomic mass is 9.90. The van der Waals surface area contributed by atoms with Crippen LogP contribution in [0, 0.1) is 5.92 Å². The van der Waals surface area contributed by atoms with Gasteiger partial charge in [-0.25, -0.2) is 4.98 Å². The van der Waals surface area contributed by atoms with Crippen molar-refractivity contribution in [1.82, 2.24) is 4.98 Å². The minimum atomic E-state index is -0.117. The molecular weight excluding hydrogens is 168 g/mol. The highest BCUT2D eigenvalue weighted by atomic mass is 32.1. The first-order valence-corrected chi connectivity index (χ1v) is 5.30. The lowest BCUT2D eigenvalue weighted by Crippen LogP contribution is -2.38. The molecule has 0 radical (unpaired) electrons. The first kappa shape index (κ1) is 8.20. The zero-order chi connectivity index (χ0) is 8.60. The van der Waals surface area contributed by atoms with Crippen molar-refractivity contribution in [2.75, 3.05) is 0 Å². The number of aromatic nitrogens is 1. The number of hydrogen-bond acceptors (Lipinski definition) is 3. The molecule has 12 heavy (non-hydrogen) atoms. The largest absolute Gasteiger partial charge is 0.319 e. The van der Waals surface area contributed by atoms with Gasteiger partial charge in [0.25, 0.3) is 0 Å². The van der Waals surface area contributed by atoms with Crippen molar-refractivity contribution in [2.24, 2.45) is 11.7 Å². The van der Waals surface area contributed by atoms with E-state index in [1.165, 1.54) is 12.8 Å². The summed E-state index contributed by atoms with van der Waals surface area (Å²) < 4.78 is 0. The van der Waals surface area contributed by atoms with E-state index in [2.05, 4.69) is 11.9 Å². The average Bonchev–Trinajstić information content (AvgIpc) is 2.62. The fraction of sp³-hybridized carbons (Fsp3) is 0.667. The molecule has 2 N–H and O–H groups in total. The molecule has 66 valence electrons. The zero-order valence-electron chi connectivity index (χ0n) is 7.29. The van der Waals surface area contributed by atoms with E-state index >= 15 is 0 Å². The van der Waals surface area contributed by atoms with E-state index in [1.807, 2.05) is 11.6 Å². The molecule has 1 aliphatic carbocycles. The first-order valence-electron chi connectivity index (χ1n) is 4.42. The molecule has 1 aromatic rings. The van der Waals surface area contributed by atoms with Crippen molar-refractivity contribution in [3.05, 3.63) is 16.6 Å². The number of hydrogen-bond donors (Lipinski definition) is 1. The smallest absolute Gasteiger partial charge is 0.113 e. The topological polar surface area (TPSA) is 38.9 Å². The summed E-state index contributed by atoms with van der Waals surface area (Å²) in [7, 11) is 0. The van der Waals surface area contributed by atoms with Crippen LogP contribution in [0.25, 0.3) is 0 Å². The van der Waals surface area contributed by atoms with Crippen LogP contribution in [-0.4, -0.2) is 4.98 Å². The van der Waals surface area contributed by atoms with Crippen LogP contribution in [0.2, 0.25) is 0 Å². The van der Waals surface area contributed by atoms with Crippen LogP contribution in [0.5, 0.6) is 0 Å². The van der Waals surface area contributed by atoms with Crippen molar-refractivity contribution in [2.45, 2.75) is 31.7 Å². The Balaban J connectivity index is 2.32. The first-order chi connectivity index (χ1) is 5.73. The number of thiazole rings is 1. The molecule has 0 aromatic carbocycles. The fourth-order valence-electron chi connectivity index (χ4n) is 1.98. The summed E-state index contributed by atoms with van der Waals surface area (Å²) in [4.78, 5) is 4.31. The maximum atomic E-state index is 6.32. The second-order valence-corrected chi connectivity index (χ2v) is 4.57. The Morgan fingerprint density at radius 1 is 1.75 bits per heavy atom. The molecule has 2 atom stereocenters. The van der Waals surface area contributed by atoms with Gasteiger partial charge in [0.1, 0.15) is 5.01 Å². The second-order valence-electron chi connectivity index (χ2n) is 3.67. The monoisotopic (exact) mass is 182 g/mol. The Morgan fingerprint density at radius 3 is 3.08 bits per heavy atom. The summed E-state index contributed by atoms with van der Waals surface area (Å²) in [6.07, 6.45) is 5.44. The molecule has 2 nitrogen and oxygen atoms in total. The number of nitrogens with two attached hydrogens (primary N) is 1. The van der Waals surface area contributed by atoms with Crippen molar-refractivity contribution in [3.8, 4) is 0 Å². The molecule has 0 bridgehead atoms. The van der Waals surface area contributed by atoms with Gasteiger partial charge >= 0.3 is 0 Å². The van der Waals surface area contributed by atoms with E-state index in [9.17, 15) is 0 Å². The number of rotatable bonds is 1. The van der Waals surface area contributed by atoms with Crippen LogP contribution in [-0.2, 0) is 5.54 Å². The minimum Gasteiger partial charge on any atom is -0.319 e. The Hall–Kier alpha value is -0.410. The number of nitrogens with zero attached hydrogens (tertiary/aromatic N) is 1. The molecule has 3 heteroatoms. The van der Waals surface area contributed by atoms with E-state index in [0.29, 0.717) is 5.92 Å². The molecule has 1 saturated carbocycles. The molecule has 0 aliphatic heterocycles. The van der Waals surface area contributed by atoms with E-state index in [1.54, 1.807) is 11.3 Å². The van der Waals surface area contributed by atoms with Gasteiger partial charge in [-0.1, -0.05) is 13.3 Å². The van der Waals surface area contributed by atoms with Gasteiger partial charge in [-0.05, 0) is 18.8 Å². The zero-order valence-corrected chi connectivity index (χ0v) is 8.10. The van der Waals surface area contributed by atoms with Crippen LogP contribution < -0.4 is 5.73 Å². The molecule has 1 heterocycles. The van der Waals surface area contributed by atoms with Gasteiger partial charge in [-0.3, -0.25) is 0 Å². The Bertz CT molecular complexity index is 258. The summed E-state index contributed by atoms with van der Waals surface area (Å²) in [5.74, 6) is 0.587. The lowest BCUT2D eigenvalue weighted by Gasteiger charge is -2.26. The van der Waals surface area contributed by atoms with Crippen LogP contribution in [0.1, 0.15) is 31.2 Å². The maximum absolute atomic E-state index is 6.32. The van der Waals surface area contributed by atoms with Gasteiger partial charge in [0.15, 0.2) is 0 Å². The molecule has 1 aromatic heterocycles. The SMILES string of the molecule is CC1CCCC1(N)c1nccs1. The maximum Gasteiger partial charge on any atom is 0.113 e. The Labute approximate surface area is 76.8 Å². The van der Waals surface area contributed by atoms with E-state index in [4.69, 9.17) is 5.73 Å². The average molecular weight is 182 g/mol. The molecule has 2 rings (SSSR count). The Kier molecular flexibility index (Phi) is 1.93. The molecule has 0 saturated heterocycles.